The molecule has 0 spiro atoms. The number of hydrogen-bond donors (Lipinski definition) is 2. The van der Waals surface area contributed by atoms with Gasteiger partial charge in [0.25, 0.3) is 0 Å². The number of anilines is 1. The Balaban J connectivity index is 1.44. The molecule has 5 rings (SSSR count). The number of aromatic amines is 1. The lowest BCUT2D eigenvalue weighted by atomic mass is 10.1. The Bertz CT molecular complexity index is 1180. The largest absolute Gasteiger partial charge is 0.311 e. The quantitative estimate of drug-likeness (QED) is 0.701. The Morgan fingerprint density at radius 2 is 2.11 bits per heavy atom. The number of benzene rings is 1. The number of pyridine rings is 1. The summed E-state index contributed by atoms with van der Waals surface area (Å²) in [7, 11) is -3.67. The first kappa shape index (κ1) is 17.3. The summed E-state index contributed by atoms with van der Waals surface area (Å²) in [5.74, 6) is 0.538. The molecule has 9 heteroatoms. The van der Waals surface area contributed by atoms with Gasteiger partial charge in [0.1, 0.15) is 5.82 Å². The molecule has 3 aromatic rings. The average molecular weight is 397 g/mol. The van der Waals surface area contributed by atoms with Crippen LogP contribution in [0.25, 0.3) is 10.9 Å². The van der Waals surface area contributed by atoms with E-state index in [9.17, 15) is 13.2 Å². The van der Waals surface area contributed by atoms with E-state index in [2.05, 4.69) is 20.5 Å². The molecule has 3 heterocycles. The maximum absolute atomic E-state index is 13.2. The highest BCUT2D eigenvalue weighted by molar-refractivity contribution is 7.89. The van der Waals surface area contributed by atoms with Crippen LogP contribution in [0.4, 0.5) is 5.82 Å². The van der Waals surface area contributed by atoms with E-state index in [1.807, 2.05) is 6.07 Å². The third-order valence-corrected chi connectivity index (χ3v) is 7.14. The number of sulfonamides is 1. The number of H-pyrrole nitrogens is 1. The molecule has 1 fully saturated rings. The minimum Gasteiger partial charge on any atom is -0.311 e. The molecule has 28 heavy (non-hydrogen) atoms. The van der Waals surface area contributed by atoms with Gasteiger partial charge in [0, 0.05) is 42.6 Å². The number of rotatable bonds is 4. The van der Waals surface area contributed by atoms with Crippen LogP contribution in [0.15, 0.2) is 41.4 Å². The van der Waals surface area contributed by atoms with Crippen LogP contribution in [0, 0.1) is 5.92 Å². The Labute approximate surface area is 162 Å². The fourth-order valence-electron chi connectivity index (χ4n) is 3.51. The number of carbonyl (C=O) groups excluding carboxylic acids is 1. The molecule has 0 atom stereocenters. The number of aromatic nitrogens is 3. The average Bonchev–Trinajstić information content (AvgIpc) is 3.50. The van der Waals surface area contributed by atoms with Gasteiger partial charge in [0.05, 0.1) is 16.1 Å². The molecular formula is C19H19N5O3S. The molecule has 0 unspecified atom stereocenters. The summed E-state index contributed by atoms with van der Waals surface area (Å²) in [5, 5.41) is 10.7. The third-order valence-electron chi connectivity index (χ3n) is 5.29. The standard InChI is InChI=1S/C19H19N5O3S/c25-19(12-3-4-12)21-18-15-11-24(9-7-17(15)22-23-18)28(26,27)14-5-6-16-13(10-14)2-1-8-20-16/h1-2,5-6,8,10,12H,3-4,7,9,11H2,(H2,21,22,23,25). The highest BCUT2D eigenvalue weighted by Gasteiger charge is 2.34. The van der Waals surface area contributed by atoms with E-state index >= 15 is 0 Å². The zero-order valence-corrected chi connectivity index (χ0v) is 15.9. The fraction of sp³-hybridized carbons (Fsp3) is 0.316. The van der Waals surface area contributed by atoms with Gasteiger partial charge in [-0.1, -0.05) is 6.07 Å². The number of fused-ring (bicyclic) bond motifs is 2. The van der Waals surface area contributed by atoms with Gasteiger partial charge in [-0.15, -0.1) is 0 Å². The van der Waals surface area contributed by atoms with Crippen LogP contribution in [-0.4, -0.2) is 40.4 Å². The molecule has 1 aliphatic carbocycles. The minimum absolute atomic E-state index is 0.0338. The number of amides is 1. The van der Waals surface area contributed by atoms with Crippen LogP contribution >= 0.6 is 0 Å². The molecule has 0 bridgehead atoms. The SMILES string of the molecule is O=C(Nc1[nH]nc2c1CN(S(=O)(=O)c1ccc3ncccc3c1)CC2)C1CC1. The number of carbonyl (C=O) groups is 1. The van der Waals surface area contributed by atoms with Gasteiger partial charge in [-0.05, 0) is 37.1 Å². The van der Waals surface area contributed by atoms with Gasteiger partial charge in [-0.25, -0.2) is 8.42 Å². The van der Waals surface area contributed by atoms with Gasteiger partial charge in [-0.2, -0.15) is 9.40 Å². The van der Waals surface area contributed by atoms with Crippen LogP contribution in [0.1, 0.15) is 24.1 Å². The van der Waals surface area contributed by atoms with Crippen molar-refractivity contribution in [2.24, 2.45) is 5.92 Å². The monoisotopic (exact) mass is 397 g/mol. The van der Waals surface area contributed by atoms with Crippen molar-refractivity contribution >= 4 is 32.7 Å². The number of nitrogens with one attached hydrogen (secondary N) is 2. The van der Waals surface area contributed by atoms with Crippen molar-refractivity contribution < 1.29 is 13.2 Å². The molecular weight excluding hydrogens is 378 g/mol. The molecule has 2 N–H and O–H groups in total. The molecule has 144 valence electrons. The summed E-state index contributed by atoms with van der Waals surface area (Å²) in [6.07, 6.45) is 3.98. The molecule has 1 amide bonds. The van der Waals surface area contributed by atoms with Crippen molar-refractivity contribution in [2.45, 2.75) is 30.7 Å². The van der Waals surface area contributed by atoms with Crippen LogP contribution in [0.3, 0.4) is 0 Å². The lowest BCUT2D eigenvalue weighted by molar-refractivity contribution is -0.117. The normalized spacial score (nSPS) is 17.4. The zero-order valence-electron chi connectivity index (χ0n) is 15.1. The van der Waals surface area contributed by atoms with E-state index in [1.54, 1.807) is 30.5 Å². The molecule has 2 aliphatic rings. The van der Waals surface area contributed by atoms with E-state index in [0.717, 1.165) is 35.0 Å². The molecule has 8 nitrogen and oxygen atoms in total. The van der Waals surface area contributed by atoms with Gasteiger partial charge in [0.2, 0.25) is 15.9 Å². The van der Waals surface area contributed by atoms with Crippen molar-refractivity contribution in [1.29, 1.82) is 0 Å². The van der Waals surface area contributed by atoms with Gasteiger partial charge >= 0.3 is 0 Å². The molecule has 1 aliphatic heterocycles. The first-order valence-corrected chi connectivity index (χ1v) is 10.7. The van der Waals surface area contributed by atoms with Crippen molar-refractivity contribution in [3.8, 4) is 0 Å². The highest BCUT2D eigenvalue weighted by atomic mass is 32.2. The summed E-state index contributed by atoms with van der Waals surface area (Å²) in [4.78, 5) is 16.6. The Hall–Kier alpha value is -2.78. The van der Waals surface area contributed by atoms with Crippen molar-refractivity contribution in [1.82, 2.24) is 19.5 Å². The fourth-order valence-corrected chi connectivity index (χ4v) is 4.95. The predicted octanol–water partition coefficient (Wildman–Crippen LogP) is 2.05. The van der Waals surface area contributed by atoms with Crippen LogP contribution in [0.5, 0.6) is 0 Å². The topological polar surface area (TPSA) is 108 Å². The second kappa shape index (κ2) is 6.39. The maximum atomic E-state index is 13.2. The third kappa shape index (κ3) is 2.96. The summed E-state index contributed by atoms with van der Waals surface area (Å²) >= 11 is 0. The number of nitrogens with zero attached hydrogens (tertiary/aromatic N) is 3. The first-order valence-electron chi connectivity index (χ1n) is 9.24. The van der Waals surface area contributed by atoms with Crippen molar-refractivity contribution in [2.75, 3.05) is 11.9 Å². The summed E-state index contributed by atoms with van der Waals surface area (Å²) < 4.78 is 27.8. The van der Waals surface area contributed by atoms with Gasteiger partial charge in [0.15, 0.2) is 0 Å². The Kier molecular flexibility index (Phi) is 3.95. The van der Waals surface area contributed by atoms with Crippen LogP contribution in [0.2, 0.25) is 0 Å². The highest BCUT2D eigenvalue weighted by Crippen LogP contribution is 2.32. The molecule has 2 aromatic heterocycles. The second-order valence-electron chi connectivity index (χ2n) is 7.23. The molecule has 1 aromatic carbocycles. The van der Waals surface area contributed by atoms with E-state index in [1.165, 1.54) is 4.31 Å². The number of hydrogen-bond acceptors (Lipinski definition) is 5. The minimum atomic E-state index is -3.67. The first-order chi connectivity index (χ1) is 13.5. The lowest BCUT2D eigenvalue weighted by Crippen LogP contribution is -2.36. The Morgan fingerprint density at radius 3 is 2.93 bits per heavy atom. The smallest absolute Gasteiger partial charge is 0.243 e. The van der Waals surface area contributed by atoms with E-state index < -0.39 is 10.0 Å². The molecule has 1 saturated carbocycles. The summed E-state index contributed by atoms with van der Waals surface area (Å²) in [6, 6.07) is 8.59. The Morgan fingerprint density at radius 1 is 1.25 bits per heavy atom. The van der Waals surface area contributed by atoms with Crippen LogP contribution < -0.4 is 5.32 Å². The molecule has 0 saturated heterocycles. The van der Waals surface area contributed by atoms with E-state index in [-0.39, 0.29) is 23.3 Å². The van der Waals surface area contributed by atoms with E-state index in [4.69, 9.17) is 0 Å². The predicted molar refractivity (Wildman–Crippen MR) is 103 cm³/mol. The second-order valence-corrected chi connectivity index (χ2v) is 9.17. The molecule has 0 radical (unpaired) electrons. The van der Waals surface area contributed by atoms with Crippen molar-refractivity contribution in [3.63, 3.8) is 0 Å². The summed E-state index contributed by atoms with van der Waals surface area (Å²) in [5.41, 5.74) is 2.30. The van der Waals surface area contributed by atoms with Gasteiger partial charge in [-0.3, -0.25) is 14.9 Å². The lowest BCUT2D eigenvalue weighted by Gasteiger charge is -2.26. The van der Waals surface area contributed by atoms with Crippen LogP contribution in [-0.2, 0) is 27.8 Å². The summed E-state index contributed by atoms with van der Waals surface area (Å²) in [6.45, 7) is 0.529. The van der Waals surface area contributed by atoms with Crippen molar-refractivity contribution in [3.05, 3.63) is 47.8 Å². The van der Waals surface area contributed by atoms with Gasteiger partial charge < -0.3 is 5.32 Å². The zero-order chi connectivity index (χ0) is 19.3. The van der Waals surface area contributed by atoms with E-state index in [0.29, 0.717) is 18.8 Å². The maximum Gasteiger partial charge on any atom is 0.243 e.